The van der Waals surface area contributed by atoms with Crippen LogP contribution in [0.3, 0.4) is 0 Å². The Hall–Kier alpha value is -1.06. The average Bonchev–Trinajstić information content (AvgIpc) is 2.36. The number of nitrogens with one attached hydrogen (secondary N) is 1. The van der Waals surface area contributed by atoms with Crippen molar-refractivity contribution in [2.75, 3.05) is 13.1 Å². The molecule has 0 saturated carbocycles. The van der Waals surface area contributed by atoms with Crippen LogP contribution in [0.25, 0.3) is 0 Å². The number of likely N-dealkylation sites (tertiary alicyclic amines) is 1. The molecule has 19 heavy (non-hydrogen) atoms. The van der Waals surface area contributed by atoms with Crippen LogP contribution in [-0.2, 0) is 9.59 Å². The average molecular weight is 268 g/mol. The fourth-order valence-corrected chi connectivity index (χ4v) is 2.28. The number of carbonyl (C=O) groups excluding carboxylic acids is 2. The lowest BCUT2D eigenvalue weighted by Crippen LogP contribution is -2.47. The SMILES string of the molecule is CC[C@H](C)NC(=O)C1CCN(C(=O)C(C)(C)C)CC1. The Morgan fingerprint density at radius 2 is 1.79 bits per heavy atom. The van der Waals surface area contributed by atoms with Crippen molar-refractivity contribution in [1.82, 2.24) is 10.2 Å². The normalized spacial score (nSPS) is 19.1. The van der Waals surface area contributed by atoms with Gasteiger partial charge in [0.1, 0.15) is 0 Å². The maximum atomic E-state index is 12.1. The molecule has 0 aliphatic carbocycles. The van der Waals surface area contributed by atoms with E-state index in [4.69, 9.17) is 0 Å². The van der Waals surface area contributed by atoms with E-state index in [1.54, 1.807) is 0 Å². The van der Waals surface area contributed by atoms with Crippen molar-refractivity contribution in [3.8, 4) is 0 Å². The van der Waals surface area contributed by atoms with Gasteiger partial charge in [0.05, 0.1) is 0 Å². The third-order valence-electron chi connectivity index (χ3n) is 3.80. The monoisotopic (exact) mass is 268 g/mol. The molecule has 4 nitrogen and oxygen atoms in total. The van der Waals surface area contributed by atoms with E-state index in [9.17, 15) is 9.59 Å². The molecule has 1 aliphatic rings. The first-order valence-electron chi connectivity index (χ1n) is 7.35. The Balaban J connectivity index is 2.45. The molecule has 2 amide bonds. The molecule has 1 saturated heterocycles. The van der Waals surface area contributed by atoms with Crippen LogP contribution in [0.5, 0.6) is 0 Å². The summed E-state index contributed by atoms with van der Waals surface area (Å²) < 4.78 is 0. The van der Waals surface area contributed by atoms with Gasteiger partial charge >= 0.3 is 0 Å². The lowest BCUT2D eigenvalue weighted by Gasteiger charge is -2.35. The number of nitrogens with zero attached hydrogens (tertiary/aromatic N) is 1. The molecule has 0 spiro atoms. The molecule has 1 rings (SSSR count). The van der Waals surface area contributed by atoms with Gasteiger partial charge in [-0.25, -0.2) is 0 Å². The molecule has 1 aliphatic heterocycles. The van der Waals surface area contributed by atoms with Gasteiger partial charge in [-0.3, -0.25) is 9.59 Å². The third kappa shape index (κ3) is 4.51. The van der Waals surface area contributed by atoms with Crippen LogP contribution in [0.2, 0.25) is 0 Å². The molecule has 1 N–H and O–H groups in total. The van der Waals surface area contributed by atoms with E-state index in [-0.39, 0.29) is 29.2 Å². The molecule has 0 radical (unpaired) electrons. The molecule has 110 valence electrons. The topological polar surface area (TPSA) is 49.4 Å². The molecule has 0 aromatic rings. The largest absolute Gasteiger partial charge is 0.353 e. The molecule has 0 unspecified atom stereocenters. The quantitative estimate of drug-likeness (QED) is 0.853. The second-order valence-electron chi connectivity index (χ2n) is 6.63. The zero-order valence-electron chi connectivity index (χ0n) is 13.0. The molecular formula is C15H28N2O2. The number of carbonyl (C=O) groups is 2. The standard InChI is InChI=1S/C15H28N2O2/c1-6-11(2)16-13(18)12-7-9-17(10-8-12)14(19)15(3,4)5/h11-12H,6-10H2,1-5H3,(H,16,18)/t11-/m0/s1. The first kappa shape index (κ1) is 16.0. The van der Waals surface area contributed by atoms with Gasteiger partial charge in [0.2, 0.25) is 11.8 Å². The molecule has 1 atom stereocenters. The summed E-state index contributed by atoms with van der Waals surface area (Å²) in [6, 6.07) is 0.238. The van der Waals surface area contributed by atoms with Crippen LogP contribution in [0, 0.1) is 11.3 Å². The molecule has 1 heterocycles. The number of rotatable bonds is 3. The Labute approximate surface area is 116 Å². The van der Waals surface area contributed by atoms with Gasteiger partial charge in [-0.1, -0.05) is 27.7 Å². The fraction of sp³-hybridized carbons (Fsp3) is 0.867. The smallest absolute Gasteiger partial charge is 0.227 e. The number of hydrogen-bond donors (Lipinski definition) is 1. The van der Waals surface area contributed by atoms with Crippen molar-refractivity contribution < 1.29 is 9.59 Å². The number of hydrogen-bond acceptors (Lipinski definition) is 2. The highest BCUT2D eigenvalue weighted by atomic mass is 16.2. The minimum Gasteiger partial charge on any atom is -0.353 e. The van der Waals surface area contributed by atoms with Crippen LogP contribution in [0.1, 0.15) is 53.9 Å². The Morgan fingerprint density at radius 1 is 1.26 bits per heavy atom. The van der Waals surface area contributed by atoms with Crippen molar-refractivity contribution in [2.24, 2.45) is 11.3 Å². The van der Waals surface area contributed by atoms with Crippen LogP contribution >= 0.6 is 0 Å². The molecule has 0 aromatic heterocycles. The summed E-state index contributed by atoms with van der Waals surface area (Å²) in [6.07, 6.45) is 2.52. The van der Waals surface area contributed by atoms with Crippen LogP contribution in [0.15, 0.2) is 0 Å². The lowest BCUT2D eigenvalue weighted by molar-refractivity contribution is -0.142. The van der Waals surface area contributed by atoms with Gasteiger partial charge < -0.3 is 10.2 Å². The Kier molecular flexibility index (Phi) is 5.39. The summed E-state index contributed by atoms with van der Waals surface area (Å²) in [6.45, 7) is 11.3. The molecule has 0 aromatic carbocycles. The van der Waals surface area contributed by atoms with E-state index < -0.39 is 0 Å². The summed E-state index contributed by atoms with van der Waals surface area (Å²) in [5, 5.41) is 3.03. The summed E-state index contributed by atoms with van der Waals surface area (Å²) >= 11 is 0. The summed E-state index contributed by atoms with van der Waals surface area (Å²) in [5.41, 5.74) is -0.328. The second-order valence-corrected chi connectivity index (χ2v) is 6.63. The molecular weight excluding hydrogens is 240 g/mol. The van der Waals surface area contributed by atoms with Gasteiger partial charge in [-0.15, -0.1) is 0 Å². The van der Waals surface area contributed by atoms with Crippen molar-refractivity contribution in [1.29, 1.82) is 0 Å². The van der Waals surface area contributed by atoms with Gasteiger partial charge in [0, 0.05) is 30.5 Å². The highest BCUT2D eigenvalue weighted by Crippen LogP contribution is 2.23. The van der Waals surface area contributed by atoms with Gasteiger partial charge in [0.15, 0.2) is 0 Å². The lowest BCUT2D eigenvalue weighted by atomic mass is 9.90. The summed E-state index contributed by atoms with van der Waals surface area (Å²) in [4.78, 5) is 26.1. The summed E-state index contributed by atoms with van der Waals surface area (Å²) in [5.74, 6) is 0.406. The highest BCUT2D eigenvalue weighted by molar-refractivity contribution is 5.82. The number of amides is 2. The molecule has 4 heteroatoms. The van der Waals surface area contributed by atoms with Crippen molar-refractivity contribution in [2.45, 2.75) is 59.9 Å². The van der Waals surface area contributed by atoms with E-state index in [2.05, 4.69) is 12.2 Å². The van der Waals surface area contributed by atoms with E-state index in [0.717, 1.165) is 19.3 Å². The summed E-state index contributed by atoms with van der Waals surface area (Å²) in [7, 11) is 0. The zero-order valence-corrected chi connectivity index (χ0v) is 13.0. The fourth-order valence-electron chi connectivity index (χ4n) is 2.28. The Morgan fingerprint density at radius 3 is 2.21 bits per heavy atom. The maximum Gasteiger partial charge on any atom is 0.227 e. The minimum atomic E-state index is -0.328. The first-order valence-corrected chi connectivity index (χ1v) is 7.35. The van der Waals surface area contributed by atoms with E-state index >= 15 is 0 Å². The molecule has 1 fully saturated rings. The predicted molar refractivity (Wildman–Crippen MR) is 76.7 cm³/mol. The third-order valence-corrected chi connectivity index (χ3v) is 3.80. The van der Waals surface area contributed by atoms with E-state index in [0.29, 0.717) is 13.1 Å². The van der Waals surface area contributed by atoms with Crippen LogP contribution in [-0.4, -0.2) is 35.8 Å². The van der Waals surface area contributed by atoms with Gasteiger partial charge in [0.25, 0.3) is 0 Å². The second kappa shape index (κ2) is 6.40. The predicted octanol–water partition coefficient (Wildman–Crippen LogP) is 2.19. The van der Waals surface area contributed by atoms with Crippen molar-refractivity contribution in [3.63, 3.8) is 0 Å². The van der Waals surface area contributed by atoms with E-state index in [1.165, 1.54) is 0 Å². The van der Waals surface area contributed by atoms with Crippen LogP contribution < -0.4 is 5.32 Å². The van der Waals surface area contributed by atoms with Gasteiger partial charge in [-0.05, 0) is 26.2 Å². The van der Waals surface area contributed by atoms with Crippen molar-refractivity contribution >= 4 is 11.8 Å². The van der Waals surface area contributed by atoms with E-state index in [1.807, 2.05) is 32.6 Å². The zero-order chi connectivity index (χ0) is 14.6. The van der Waals surface area contributed by atoms with Crippen molar-refractivity contribution in [3.05, 3.63) is 0 Å². The van der Waals surface area contributed by atoms with Gasteiger partial charge in [-0.2, -0.15) is 0 Å². The van der Waals surface area contributed by atoms with Crippen LogP contribution in [0.4, 0.5) is 0 Å². The maximum absolute atomic E-state index is 12.1. The molecule has 0 bridgehead atoms. The minimum absolute atomic E-state index is 0.0676. The number of piperidine rings is 1. The Bertz CT molecular complexity index is 326. The highest BCUT2D eigenvalue weighted by Gasteiger charge is 2.32. The first-order chi connectivity index (χ1) is 8.75.